The molecule has 3 atom stereocenters. The van der Waals surface area contributed by atoms with Crippen molar-refractivity contribution >= 4 is 14.5 Å². The molecule has 3 heteroatoms. The quantitative estimate of drug-likeness (QED) is 0.434. The zero-order valence-electron chi connectivity index (χ0n) is 11.6. The second-order valence-corrected chi connectivity index (χ2v) is 12.9. The molecule has 0 radical (unpaired) electrons. The lowest BCUT2D eigenvalue weighted by Crippen LogP contribution is -2.56. The molecule has 3 unspecified atom stereocenters. The molecule has 0 aliphatic heterocycles. The number of carbonyl (C=O) groups excluding carboxylic acids is 1. The van der Waals surface area contributed by atoms with E-state index in [9.17, 15) is 4.79 Å². The predicted molar refractivity (Wildman–Crippen MR) is 72.6 cm³/mol. The predicted octanol–water partition coefficient (Wildman–Crippen LogP) is 3.61. The third-order valence-corrected chi connectivity index (χ3v) is 9.70. The molecule has 2 aliphatic rings. The molecule has 2 aliphatic carbocycles. The highest BCUT2D eigenvalue weighted by atomic mass is 28.3. The molecular weight excluding hydrogens is 228 g/mol. The Hall–Kier alpha value is -0.573. The van der Waals surface area contributed by atoms with E-state index in [1.165, 1.54) is 6.42 Å². The van der Waals surface area contributed by atoms with Gasteiger partial charge in [0, 0.05) is 5.92 Å². The van der Waals surface area contributed by atoms with Crippen molar-refractivity contribution in [3.8, 4) is 0 Å². The van der Waals surface area contributed by atoms with Crippen LogP contribution in [0.4, 0.5) is 0 Å². The number of hydrogen-bond donors (Lipinski definition) is 0. The maximum atomic E-state index is 11.0. The smallest absolute Gasteiger partial charge is 0.293 e. The highest BCUT2D eigenvalue weighted by molar-refractivity contribution is 6.79. The molecule has 0 spiro atoms. The molecule has 1 saturated carbocycles. The van der Waals surface area contributed by atoms with Gasteiger partial charge in [0.2, 0.25) is 0 Å². The molecule has 0 amide bonds. The summed E-state index contributed by atoms with van der Waals surface area (Å²) in [5.74, 6) is 1.05. The number of rotatable bonds is 4. The van der Waals surface area contributed by atoms with Gasteiger partial charge >= 0.3 is 0 Å². The van der Waals surface area contributed by atoms with Crippen LogP contribution in [-0.4, -0.2) is 20.1 Å². The topological polar surface area (TPSA) is 26.3 Å². The Morgan fingerprint density at radius 1 is 1.35 bits per heavy atom. The molecule has 0 saturated heterocycles. The molecule has 0 heterocycles. The number of ether oxygens (including phenoxy) is 1. The summed E-state index contributed by atoms with van der Waals surface area (Å²) in [5.41, 5.74) is -0.251. The van der Waals surface area contributed by atoms with Crippen LogP contribution in [-0.2, 0) is 9.53 Å². The summed E-state index contributed by atoms with van der Waals surface area (Å²) in [6.45, 7) is 12.4. The summed E-state index contributed by atoms with van der Waals surface area (Å²) in [7, 11) is -1.41. The standard InChI is InChI=1S/C14H24O2Si/c1-13(2,17(3,4)5)14(16-10-15)9-11-6-7-12(14)8-11/h6-7,10-12H,8-9H2,1-5H3. The average Bonchev–Trinajstić information content (AvgIpc) is 2.76. The van der Waals surface area contributed by atoms with Crippen molar-refractivity contribution in [2.45, 2.75) is 57.0 Å². The second kappa shape index (κ2) is 3.71. The van der Waals surface area contributed by atoms with Crippen molar-refractivity contribution in [1.82, 2.24) is 0 Å². The van der Waals surface area contributed by atoms with Crippen LogP contribution >= 0.6 is 0 Å². The van der Waals surface area contributed by atoms with E-state index in [4.69, 9.17) is 4.74 Å². The molecule has 2 rings (SSSR count). The maximum absolute atomic E-state index is 11.0. The first-order valence-electron chi connectivity index (χ1n) is 6.54. The van der Waals surface area contributed by atoms with Crippen LogP contribution in [0.15, 0.2) is 12.2 Å². The van der Waals surface area contributed by atoms with Crippen LogP contribution in [0, 0.1) is 11.8 Å². The molecule has 0 aromatic rings. The van der Waals surface area contributed by atoms with Crippen LogP contribution in [0.3, 0.4) is 0 Å². The number of fused-ring (bicyclic) bond motifs is 2. The monoisotopic (exact) mass is 252 g/mol. The van der Waals surface area contributed by atoms with Crippen molar-refractivity contribution in [3.63, 3.8) is 0 Å². The number of carbonyl (C=O) groups is 1. The summed E-state index contributed by atoms with van der Waals surface area (Å²) in [4.78, 5) is 11.0. The minimum atomic E-state index is -1.41. The average molecular weight is 252 g/mol. The van der Waals surface area contributed by atoms with Crippen LogP contribution in [0.25, 0.3) is 0 Å². The van der Waals surface area contributed by atoms with Crippen molar-refractivity contribution in [3.05, 3.63) is 12.2 Å². The normalized spacial score (nSPS) is 36.3. The zero-order chi connectivity index (χ0) is 12.9. The summed E-state index contributed by atoms with van der Waals surface area (Å²) < 4.78 is 5.72. The van der Waals surface area contributed by atoms with Gasteiger partial charge in [-0.2, -0.15) is 0 Å². The largest absolute Gasteiger partial charge is 0.460 e. The van der Waals surface area contributed by atoms with Gasteiger partial charge < -0.3 is 4.74 Å². The summed E-state index contributed by atoms with van der Waals surface area (Å²) in [6.07, 6.45) is 6.77. The molecule has 0 N–H and O–H groups in total. The Balaban J connectivity index is 2.43. The van der Waals surface area contributed by atoms with Crippen molar-refractivity contribution in [2.24, 2.45) is 11.8 Å². The van der Waals surface area contributed by atoms with Gasteiger partial charge in [-0.15, -0.1) is 0 Å². The molecule has 0 aromatic carbocycles. The maximum Gasteiger partial charge on any atom is 0.293 e. The lowest BCUT2D eigenvalue weighted by molar-refractivity contribution is -0.151. The fourth-order valence-corrected chi connectivity index (χ4v) is 5.15. The van der Waals surface area contributed by atoms with E-state index >= 15 is 0 Å². The molecule has 2 bridgehead atoms. The van der Waals surface area contributed by atoms with Crippen LogP contribution < -0.4 is 0 Å². The van der Waals surface area contributed by atoms with Gasteiger partial charge in [-0.25, -0.2) is 0 Å². The Labute approximate surface area is 105 Å². The van der Waals surface area contributed by atoms with Gasteiger partial charge in [-0.1, -0.05) is 45.6 Å². The third-order valence-electron chi connectivity index (χ3n) is 5.53. The van der Waals surface area contributed by atoms with E-state index in [2.05, 4.69) is 45.6 Å². The number of allylic oxidation sites excluding steroid dienone is 1. The minimum absolute atomic E-state index is 0.102. The van der Waals surface area contributed by atoms with Crippen molar-refractivity contribution in [1.29, 1.82) is 0 Å². The molecule has 2 nitrogen and oxygen atoms in total. The second-order valence-electron chi connectivity index (χ2n) is 7.17. The first kappa shape index (κ1) is 12.9. The first-order valence-corrected chi connectivity index (χ1v) is 10.0. The molecule has 1 fully saturated rings. The fourth-order valence-electron chi connectivity index (χ4n) is 3.53. The highest BCUT2D eigenvalue weighted by Gasteiger charge is 2.62. The lowest BCUT2D eigenvalue weighted by atomic mass is 9.78. The molecule has 0 aromatic heterocycles. The van der Waals surface area contributed by atoms with Gasteiger partial charge in [0.05, 0.1) is 8.07 Å². The SMILES string of the molecule is CC(C)(C1(OC=O)CC2C=CC1C2)[Si](C)(C)C. The van der Waals surface area contributed by atoms with Gasteiger partial charge in [-0.05, 0) is 23.8 Å². The molecular formula is C14H24O2Si. The van der Waals surface area contributed by atoms with Crippen LogP contribution in [0.1, 0.15) is 26.7 Å². The Morgan fingerprint density at radius 3 is 2.35 bits per heavy atom. The number of hydrogen-bond acceptors (Lipinski definition) is 2. The summed E-state index contributed by atoms with van der Waals surface area (Å²) in [5, 5.41) is 0.102. The van der Waals surface area contributed by atoms with Gasteiger partial charge in [0.1, 0.15) is 5.60 Å². The van der Waals surface area contributed by atoms with E-state index in [0.717, 1.165) is 6.42 Å². The van der Waals surface area contributed by atoms with Crippen LogP contribution in [0.5, 0.6) is 0 Å². The highest BCUT2D eigenvalue weighted by Crippen LogP contribution is 2.62. The summed E-state index contributed by atoms with van der Waals surface area (Å²) >= 11 is 0. The first-order chi connectivity index (χ1) is 7.74. The summed E-state index contributed by atoms with van der Waals surface area (Å²) in [6, 6.07) is 0. The van der Waals surface area contributed by atoms with Crippen molar-refractivity contribution < 1.29 is 9.53 Å². The molecule has 17 heavy (non-hydrogen) atoms. The van der Waals surface area contributed by atoms with E-state index < -0.39 is 8.07 Å². The zero-order valence-corrected chi connectivity index (χ0v) is 12.6. The van der Waals surface area contributed by atoms with Gasteiger partial charge in [0.25, 0.3) is 6.47 Å². The van der Waals surface area contributed by atoms with E-state index in [0.29, 0.717) is 18.3 Å². The fraction of sp³-hybridized carbons (Fsp3) is 0.786. The van der Waals surface area contributed by atoms with E-state index in [1.807, 2.05) is 0 Å². The van der Waals surface area contributed by atoms with E-state index in [-0.39, 0.29) is 10.6 Å². The Kier molecular flexibility index (Phi) is 2.81. The minimum Gasteiger partial charge on any atom is -0.460 e. The van der Waals surface area contributed by atoms with Gasteiger partial charge in [0.15, 0.2) is 0 Å². The van der Waals surface area contributed by atoms with E-state index in [1.54, 1.807) is 0 Å². The van der Waals surface area contributed by atoms with Crippen LogP contribution in [0.2, 0.25) is 24.7 Å². The lowest BCUT2D eigenvalue weighted by Gasteiger charge is -2.52. The Bertz CT molecular complexity index is 354. The third kappa shape index (κ3) is 1.62. The Morgan fingerprint density at radius 2 is 2.00 bits per heavy atom. The molecule has 96 valence electrons. The van der Waals surface area contributed by atoms with Crippen molar-refractivity contribution in [2.75, 3.05) is 0 Å². The van der Waals surface area contributed by atoms with Gasteiger partial charge in [-0.3, -0.25) is 4.79 Å².